The maximum Gasteiger partial charge on any atom is 0.303 e. The van der Waals surface area contributed by atoms with Crippen molar-refractivity contribution in [1.29, 1.82) is 0 Å². The number of hydrogen-bond donors (Lipinski definition) is 0. The maximum atomic E-state index is 11.0. The molecule has 0 aromatic rings. The number of hydrogen-bond acceptors (Lipinski definition) is 3. The molecule has 0 spiro atoms. The summed E-state index contributed by atoms with van der Waals surface area (Å²) in [6, 6.07) is 0. The third-order valence-corrected chi connectivity index (χ3v) is 3.49. The molecule has 2 unspecified atom stereocenters. The second-order valence-electron chi connectivity index (χ2n) is 4.58. The minimum Gasteiger partial charge on any atom is -0.460 e. The zero-order valence-electron chi connectivity index (χ0n) is 10.3. The molecule has 1 heterocycles. The van der Waals surface area contributed by atoms with Crippen molar-refractivity contribution in [2.75, 3.05) is 0 Å². The van der Waals surface area contributed by atoms with Gasteiger partial charge in [0.05, 0.1) is 12.2 Å². The third kappa shape index (κ3) is 2.71. The van der Waals surface area contributed by atoms with E-state index in [4.69, 9.17) is 9.47 Å². The van der Waals surface area contributed by atoms with Gasteiger partial charge in [0.15, 0.2) is 0 Å². The summed E-state index contributed by atoms with van der Waals surface area (Å²) in [6.07, 6.45) is 1.22. The summed E-state index contributed by atoms with van der Waals surface area (Å²) in [4.78, 5) is 11.0. The molecule has 0 aliphatic carbocycles. The van der Waals surface area contributed by atoms with Crippen LogP contribution in [0.15, 0.2) is 0 Å². The SMILES string of the molecule is CCC1O[C@H](C)C(OC(C)=O)[C@@H](C)[C@H]1C. The first-order chi connectivity index (χ1) is 6.97. The van der Waals surface area contributed by atoms with Crippen LogP contribution in [0.2, 0.25) is 0 Å². The van der Waals surface area contributed by atoms with E-state index in [0.29, 0.717) is 17.9 Å². The molecule has 0 aromatic heterocycles. The van der Waals surface area contributed by atoms with Gasteiger partial charge >= 0.3 is 5.97 Å². The molecule has 0 N–H and O–H groups in total. The van der Waals surface area contributed by atoms with E-state index in [-0.39, 0.29) is 18.2 Å². The highest BCUT2D eigenvalue weighted by Crippen LogP contribution is 2.33. The smallest absolute Gasteiger partial charge is 0.303 e. The molecule has 0 saturated carbocycles. The molecule has 0 aromatic carbocycles. The van der Waals surface area contributed by atoms with Crippen molar-refractivity contribution in [1.82, 2.24) is 0 Å². The van der Waals surface area contributed by atoms with Crippen LogP contribution >= 0.6 is 0 Å². The number of rotatable bonds is 2. The highest BCUT2D eigenvalue weighted by Gasteiger charge is 2.40. The Morgan fingerprint density at radius 2 is 1.87 bits per heavy atom. The Balaban J connectivity index is 2.70. The summed E-state index contributed by atoms with van der Waals surface area (Å²) >= 11 is 0. The van der Waals surface area contributed by atoms with Crippen LogP contribution in [0, 0.1) is 11.8 Å². The topological polar surface area (TPSA) is 35.5 Å². The standard InChI is InChI=1S/C12H22O3/c1-6-11-7(2)8(3)12(9(4)14-11)15-10(5)13/h7-9,11-12H,6H2,1-5H3/t7-,8+,9-,11?,12?/m1/s1. The second-order valence-corrected chi connectivity index (χ2v) is 4.58. The number of carbonyl (C=O) groups excluding carboxylic acids is 1. The molecule has 0 bridgehead atoms. The lowest BCUT2D eigenvalue weighted by atomic mass is 9.81. The van der Waals surface area contributed by atoms with Crippen molar-refractivity contribution in [2.24, 2.45) is 11.8 Å². The van der Waals surface area contributed by atoms with Crippen LogP contribution in [0.1, 0.15) is 41.0 Å². The Morgan fingerprint density at radius 3 is 2.33 bits per heavy atom. The summed E-state index contributed by atoms with van der Waals surface area (Å²) in [5.74, 6) is 0.586. The van der Waals surface area contributed by atoms with Crippen LogP contribution in [0.25, 0.3) is 0 Å². The van der Waals surface area contributed by atoms with Gasteiger partial charge in [-0.25, -0.2) is 0 Å². The molecule has 3 nitrogen and oxygen atoms in total. The molecule has 0 radical (unpaired) electrons. The molecule has 3 heteroatoms. The van der Waals surface area contributed by atoms with E-state index < -0.39 is 0 Å². The summed E-state index contributed by atoms with van der Waals surface area (Å²) in [5, 5.41) is 0. The molecule has 1 aliphatic heterocycles. The average Bonchev–Trinajstić information content (AvgIpc) is 2.18. The quantitative estimate of drug-likeness (QED) is 0.662. The Labute approximate surface area is 92.1 Å². The first-order valence-electron chi connectivity index (χ1n) is 5.80. The Kier molecular flexibility index (Phi) is 4.14. The fourth-order valence-electron chi connectivity index (χ4n) is 2.41. The van der Waals surface area contributed by atoms with Gasteiger partial charge in [-0.1, -0.05) is 20.8 Å². The monoisotopic (exact) mass is 214 g/mol. The lowest BCUT2D eigenvalue weighted by Gasteiger charge is -2.42. The van der Waals surface area contributed by atoms with E-state index in [1.165, 1.54) is 6.92 Å². The van der Waals surface area contributed by atoms with Gasteiger partial charge in [-0.2, -0.15) is 0 Å². The predicted octanol–water partition coefficient (Wildman–Crippen LogP) is 2.39. The maximum absolute atomic E-state index is 11.0. The van der Waals surface area contributed by atoms with Crippen molar-refractivity contribution < 1.29 is 14.3 Å². The largest absolute Gasteiger partial charge is 0.460 e. The lowest BCUT2D eigenvalue weighted by molar-refractivity contribution is -0.190. The fourth-order valence-corrected chi connectivity index (χ4v) is 2.41. The van der Waals surface area contributed by atoms with E-state index in [0.717, 1.165) is 6.42 Å². The molecular formula is C12H22O3. The van der Waals surface area contributed by atoms with Crippen LogP contribution in [0.5, 0.6) is 0 Å². The average molecular weight is 214 g/mol. The normalized spacial score (nSPS) is 41.3. The van der Waals surface area contributed by atoms with E-state index in [9.17, 15) is 4.79 Å². The summed E-state index contributed by atoms with van der Waals surface area (Å²) in [5.41, 5.74) is 0. The zero-order valence-corrected chi connectivity index (χ0v) is 10.3. The van der Waals surface area contributed by atoms with Crippen molar-refractivity contribution in [3.05, 3.63) is 0 Å². The van der Waals surface area contributed by atoms with Gasteiger partial charge in [0, 0.05) is 12.8 Å². The number of esters is 1. The number of carbonyl (C=O) groups is 1. The molecule has 15 heavy (non-hydrogen) atoms. The van der Waals surface area contributed by atoms with Crippen molar-refractivity contribution >= 4 is 5.97 Å². The Bertz CT molecular complexity index is 227. The molecule has 0 amide bonds. The molecule has 5 atom stereocenters. The van der Waals surface area contributed by atoms with Crippen molar-refractivity contribution in [2.45, 2.75) is 59.4 Å². The summed E-state index contributed by atoms with van der Waals surface area (Å²) in [6.45, 7) is 9.88. The van der Waals surface area contributed by atoms with E-state index in [2.05, 4.69) is 20.8 Å². The summed E-state index contributed by atoms with van der Waals surface area (Å²) < 4.78 is 11.2. The Morgan fingerprint density at radius 1 is 1.27 bits per heavy atom. The zero-order chi connectivity index (χ0) is 11.6. The van der Waals surface area contributed by atoms with Gasteiger partial charge in [-0.3, -0.25) is 4.79 Å². The second kappa shape index (κ2) is 4.97. The minimum atomic E-state index is -0.218. The van der Waals surface area contributed by atoms with E-state index in [1.54, 1.807) is 0 Å². The molecule has 88 valence electrons. The highest BCUT2D eigenvalue weighted by atomic mass is 16.6. The third-order valence-electron chi connectivity index (χ3n) is 3.49. The van der Waals surface area contributed by atoms with Crippen LogP contribution < -0.4 is 0 Å². The van der Waals surface area contributed by atoms with Crippen molar-refractivity contribution in [3.8, 4) is 0 Å². The van der Waals surface area contributed by atoms with Gasteiger partial charge in [-0.05, 0) is 19.3 Å². The highest BCUT2D eigenvalue weighted by molar-refractivity contribution is 5.66. The number of ether oxygens (including phenoxy) is 2. The van der Waals surface area contributed by atoms with Crippen LogP contribution in [0.4, 0.5) is 0 Å². The van der Waals surface area contributed by atoms with Crippen molar-refractivity contribution in [3.63, 3.8) is 0 Å². The first-order valence-corrected chi connectivity index (χ1v) is 5.80. The van der Waals surface area contributed by atoms with Gasteiger partial charge in [0.2, 0.25) is 0 Å². The molecule has 1 saturated heterocycles. The van der Waals surface area contributed by atoms with Gasteiger partial charge in [0.25, 0.3) is 0 Å². The van der Waals surface area contributed by atoms with Gasteiger partial charge < -0.3 is 9.47 Å². The van der Waals surface area contributed by atoms with Gasteiger partial charge in [-0.15, -0.1) is 0 Å². The predicted molar refractivity (Wildman–Crippen MR) is 58.5 cm³/mol. The van der Waals surface area contributed by atoms with Crippen LogP contribution in [-0.4, -0.2) is 24.3 Å². The molecular weight excluding hydrogens is 192 g/mol. The van der Waals surface area contributed by atoms with Gasteiger partial charge in [0.1, 0.15) is 6.10 Å². The fraction of sp³-hybridized carbons (Fsp3) is 0.917. The van der Waals surface area contributed by atoms with E-state index in [1.807, 2.05) is 6.92 Å². The first kappa shape index (κ1) is 12.5. The van der Waals surface area contributed by atoms with Crippen LogP contribution in [-0.2, 0) is 14.3 Å². The molecule has 1 aliphatic rings. The summed E-state index contributed by atoms with van der Waals surface area (Å²) in [7, 11) is 0. The van der Waals surface area contributed by atoms with Crippen LogP contribution in [0.3, 0.4) is 0 Å². The molecule has 1 fully saturated rings. The Hall–Kier alpha value is -0.570. The lowest BCUT2D eigenvalue weighted by Crippen LogP contribution is -2.49. The van der Waals surface area contributed by atoms with E-state index >= 15 is 0 Å². The minimum absolute atomic E-state index is 0.00468. The molecule has 1 rings (SSSR count).